The van der Waals surface area contributed by atoms with Crippen molar-refractivity contribution in [3.63, 3.8) is 0 Å². The molecule has 0 unspecified atom stereocenters. The molecule has 0 heterocycles. The van der Waals surface area contributed by atoms with Crippen molar-refractivity contribution >= 4 is 23.5 Å². The zero-order valence-corrected chi connectivity index (χ0v) is 14.8. The number of methoxy groups -OCH3 is 1. The summed E-state index contributed by atoms with van der Waals surface area (Å²) in [6.45, 7) is 0.979. The van der Waals surface area contributed by atoms with Gasteiger partial charge < -0.3 is 20.1 Å². The summed E-state index contributed by atoms with van der Waals surface area (Å²) in [5, 5.41) is 4.94. The molecule has 0 radical (unpaired) electrons. The van der Waals surface area contributed by atoms with E-state index in [0.717, 1.165) is 12.1 Å². The third-order valence-corrected chi connectivity index (χ3v) is 3.54. The van der Waals surface area contributed by atoms with Crippen molar-refractivity contribution in [2.24, 2.45) is 0 Å². The summed E-state index contributed by atoms with van der Waals surface area (Å²) in [5.74, 6) is -1.89. The molecule has 2 aromatic carbocycles. The monoisotopic (exact) mass is 374 g/mol. The number of benzene rings is 2. The molecule has 0 spiro atoms. The van der Waals surface area contributed by atoms with Crippen molar-refractivity contribution in [2.75, 3.05) is 19.0 Å². The molecule has 0 saturated heterocycles. The van der Waals surface area contributed by atoms with Crippen LogP contribution in [0.3, 0.4) is 0 Å². The van der Waals surface area contributed by atoms with Crippen LogP contribution in [-0.2, 0) is 14.3 Å². The first-order valence-electron chi connectivity index (χ1n) is 8.08. The van der Waals surface area contributed by atoms with E-state index in [1.54, 1.807) is 24.3 Å². The van der Waals surface area contributed by atoms with Gasteiger partial charge in [-0.3, -0.25) is 14.4 Å². The van der Waals surface area contributed by atoms with Crippen molar-refractivity contribution in [2.45, 2.75) is 13.0 Å². The fraction of sp³-hybridized carbons (Fsp3) is 0.211. The van der Waals surface area contributed by atoms with Gasteiger partial charge in [0.15, 0.2) is 6.10 Å². The van der Waals surface area contributed by atoms with Crippen LogP contribution in [0.25, 0.3) is 0 Å². The average molecular weight is 374 g/mol. The van der Waals surface area contributed by atoms with Gasteiger partial charge in [-0.25, -0.2) is 4.39 Å². The molecule has 0 aliphatic heterocycles. The highest BCUT2D eigenvalue weighted by molar-refractivity contribution is 5.97. The van der Waals surface area contributed by atoms with Crippen LogP contribution in [-0.4, -0.2) is 37.5 Å². The lowest BCUT2D eigenvalue weighted by Gasteiger charge is -2.15. The third kappa shape index (κ3) is 5.81. The number of hydrogen-bond donors (Lipinski definition) is 2. The molecule has 2 rings (SSSR count). The van der Waals surface area contributed by atoms with E-state index in [4.69, 9.17) is 9.47 Å². The molecule has 142 valence electrons. The number of rotatable bonds is 7. The first-order valence-corrected chi connectivity index (χ1v) is 8.08. The Bertz CT molecular complexity index is 823. The summed E-state index contributed by atoms with van der Waals surface area (Å²) in [4.78, 5) is 35.8. The molecule has 8 heteroatoms. The normalized spacial score (nSPS) is 11.2. The Labute approximate surface area is 155 Å². The van der Waals surface area contributed by atoms with Gasteiger partial charge in [0.25, 0.3) is 11.8 Å². The number of amides is 2. The number of esters is 1. The van der Waals surface area contributed by atoms with Crippen molar-refractivity contribution < 1.29 is 28.2 Å². The zero-order valence-electron chi connectivity index (χ0n) is 14.8. The van der Waals surface area contributed by atoms with Crippen LogP contribution in [0.1, 0.15) is 17.3 Å². The Morgan fingerprint density at radius 3 is 2.41 bits per heavy atom. The number of ether oxygens (including phenoxy) is 2. The van der Waals surface area contributed by atoms with Crippen LogP contribution in [0.5, 0.6) is 5.75 Å². The standard InChI is InChI=1S/C19H19FN2O5/c1-12(18(24)22-15-5-3-4-6-16(15)26-2)27-17(23)11-21-19(25)13-7-9-14(20)10-8-13/h3-10,12H,11H2,1-2H3,(H,21,25)(H,22,24)/t12-/m0/s1. The summed E-state index contributed by atoms with van der Waals surface area (Å²) in [6, 6.07) is 11.7. The van der Waals surface area contributed by atoms with E-state index in [-0.39, 0.29) is 5.56 Å². The SMILES string of the molecule is COc1ccccc1NC(=O)[C@H](C)OC(=O)CNC(=O)c1ccc(F)cc1. The van der Waals surface area contributed by atoms with Gasteiger partial charge in [-0.15, -0.1) is 0 Å². The van der Waals surface area contributed by atoms with Gasteiger partial charge >= 0.3 is 5.97 Å². The van der Waals surface area contributed by atoms with Crippen molar-refractivity contribution in [3.05, 3.63) is 59.9 Å². The molecular formula is C19H19FN2O5. The molecule has 0 saturated carbocycles. The molecular weight excluding hydrogens is 355 g/mol. The second-order valence-corrected chi connectivity index (χ2v) is 5.51. The number of halogens is 1. The topological polar surface area (TPSA) is 93.7 Å². The van der Waals surface area contributed by atoms with Gasteiger partial charge in [0, 0.05) is 5.56 Å². The van der Waals surface area contributed by atoms with E-state index in [9.17, 15) is 18.8 Å². The molecule has 0 aliphatic rings. The lowest BCUT2D eigenvalue weighted by atomic mass is 10.2. The number of anilines is 1. The summed E-state index contributed by atoms with van der Waals surface area (Å²) in [6.07, 6.45) is -1.08. The van der Waals surface area contributed by atoms with Crippen LogP contribution >= 0.6 is 0 Å². The molecule has 2 aromatic rings. The molecule has 1 atom stereocenters. The lowest BCUT2D eigenvalue weighted by Crippen LogP contribution is -2.35. The molecule has 0 aliphatic carbocycles. The minimum atomic E-state index is -1.08. The Morgan fingerprint density at radius 1 is 1.07 bits per heavy atom. The summed E-state index contributed by atoms with van der Waals surface area (Å²) in [7, 11) is 1.47. The molecule has 27 heavy (non-hydrogen) atoms. The Morgan fingerprint density at radius 2 is 1.74 bits per heavy atom. The van der Waals surface area contributed by atoms with E-state index >= 15 is 0 Å². The van der Waals surface area contributed by atoms with Gasteiger partial charge in [-0.1, -0.05) is 12.1 Å². The largest absolute Gasteiger partial charge is 0.495 e. The predicted octanol–water partition coefficient (Wildman–Crippen LogP) is 2.13. The summed E-state index contributed by atoms with van der Waals surface area (Å²) < 4.78 is 23.0. The zero-order chi connectivity index (χ0) is 19.8. The van der Waals surface area contributed by atoms with Crippen LogP contribution in [0.2, 0.25) is 0 Å². The highest BCUT2D eigenvalue weighted by atomic mass is 19.1. The molecule has 2 amide bonds. The second kappa shape index (κ2) is 9.33. The molecule has 2 N–H and O–H groups in total. The Hall–Kier alpha value is -3.42. The molecule has 0 aromatic heterocycles. The number of hydrogen-bond acceptors (Lipinski definition) is 5. The number of nitrogens with one attached hydrogen (secondary N) is 2. The first-order chi connectivity index (χ1) is 12.9. The highest BCUT2D eigenvalue weighted by Crippen LogP contribution is 2.23. The van der Waals surface area contributed by atoms with Crippen LogP contribution in [0, 0.1) is 5.82 Å². The number of carbonyl (C=O) groups is 3. The van der Waals surface area contributed by atoms with Crippen LogP contribution in [0.15, 0.2) is 48.5 Å². The van der Waals surface area contributed by atoms with Gasteiger partial charge in [-0.05, 0) is 43.3 Å². The van der Waals surface area contributed by atoms with Gasteiger partial charge in [0.2, 0.25) is 0 Å². The number of para-hydroxylation sites is 2. The van der Waals surface area contributed by atoms with Crippen molar-refractivity contribution in [1.82, 2.24) is 5.32 Å². The van der Waals surface area contributed by atoms with Gasteiger partial charge in [0.05, 0.1) is 12.8 Å². The highest BCUT2D eigenvalue weighted by Gasteiger charge is 2.19. The van der Waals surface area contributed by atoms with Crippen molar-refractivity contribution in [3.8, 4) is 5.75 Å². The Kier molecular flexibility index (Phi) is 6.87. The maximum Gasteiger partial charge on any atom is 0.326 e. The van der Waals surface area contributed by atoms with Gasteiger partial charge in [0.1, 0.15) is 18.1 Å². The van der Waals surface area contributed by atoms with Crippen LogP contribution in [0.4, 0.5) is 10.1 Å². The average Bonchev–Trinajstić information content (AvgIpc) is 2.67. The second-order valence-electron chi connectivity index (χ2n) is 5.51. The lowest BCUT2D eigenvalue weighted by molar-refractivity contribution is -0.152. The van der Waals surface area contributed by atoms with E-state index in [0.29, 0.717) is 11.4 Å². The third-order valence-electron chi connectivity index (χ3n) is 3.54. The first kappa shape index (κ1) is 19.9. The maximum atomic E-state index is 12.8. The van der Waals surface area contributed by atoms with Crippen molar-refractivity contribution in [1.29, 1.82) is 0 Å². The van der Waals surface area contributed by atoms with Crippen LogP contribution < -0.4 is 15.4 Å². The quantitative estimate of drug-likeness (QED) is 0.724. The minimum Gasteiger partial charge on any atom is -0.495 e. The van der Waals surface area contributed by atoms with E-state index in [1.165, 1.54) is 26.2 Å². The fourth-order valence-electron chi connectivity index (χ4n) is 2.13. The summed E-state index contributed by atoms with van der Waals surface area (Å²) in [5.41, 5.74) is 0.642. The van der Waals surface area contributed by atoms with E-state index in [1.807, 2.05) is 0 Å². The fourth-order valence-corrected chi connectivity index (χ4v) is 2.13. The molecule has 7 nitrogen and oxygen atoms in total. The predicted molar refractivity (Wildman–Crippen MR) is 95.9 cm³/mol. The van der Waals surface area contributed by atoms with E-state index in [2.05, 4.69) is 10.6 Å². The van der Waals surface area contributed by atoms with E-state index < -0.39 is 36.2 Å². The minimum absolute atomic E-state index is 0.200. The maximum absolute atomic E-state index is 12.8. The smallest absolute Gasteiger partial charge is 0.326 e. The Balaban J connectivity index is 1.83. The van der Waals surface area contributed by atoms with Gasteiger partial charge in [-0.2, -0.15) is 0 Å². The molecule has 0 fully saturated rings. The molecule has 0 bridgehead atoms. The summed E-state index contributed by atoms with van der Waals surface area (Å²) >= 11 is 0. The number of carbonyl (C=O) groups excluding carboxylic acids is 3.